The lowest BCUT2D eigenvalue weighted by Gasteiger charge is -2.47. The first-order valence-corrected chi connectivity index (χ1v) is 12.3. The molecule has 23 heavy (non-hydrogen) atoms. The van der Waals surface area contributed by atoms with Crippen molar-refractivity contribution in [2.24, 2.45) is 17.3 Å². The predicted molar refractivity (Wildman–Crippen MR) is 100 cm³/mol. The Balaban J connectivity index is 2.17. The molecule has 0 aromatic carbocycles. The molecule has 0 unspecified atom stereocenters. The Bertz CT molecular complexity index is 433. The zero-order valence-corrected chi connectivity index (χ0v) is 16.9. The standard InChI is InChI=1S/C20H36O2Si/c1-6-23(7-2,8-3)22-19-10-9-14-20(5)17(11-12-18(19)20)16(4)13-15-21/h11,15-16,18-19H,6-10,12-14H2,1-5H3/t16-,18+,19+,20-/m1/s1. The van der Waals surface area contributed by atoms with Gasteiger partial charge in [0.05, 0.1) is 0 Å². The average molecular weight is 337 g/mol. The van der Waals surface area contributed by atoms with Crippen LogP contribution in [0.15, 0.2) is 11.6 Å². The lowest BCUT2D eigenvalue weighted by atomic mass is 9.63. The summed E-state index contributed by atoms with van der Waals surface area (Å²) in [6, 6.07) is 3.71. The molecule has 1 fully saturated rings. The van der Waals surface area contributed by atoms with E-state index in [1.165, 1.54) is 37.4 Å². The molecule has 2 aliphatic rings. The lowest BCUT2D eigenvalue weighted by Crippen LogP contribution is -2.48. The maximum Gasteiger partial charge on any atom is 0.192 e. The molecule has 132 valence electrons. The van der Waals surface area contributed by atoms with E-state index < -0.39 is 8.32 Å². The molecule has 0 radical (unpaired) electrons. The highest BCUT2D eigenvalue weighted by Crippen LogP contribution is 2.56. The van der Waals surface area contributed by atoms with Crippen molar-refractivity contribution in [3.63, 3.8) is 0 Å². The van der Waals surface area contributed by atoms with E-state index in [4.69, 9.17) is 4.43 Å². The molecule has 0 aromatic heterocycles. The SMILES string of the molecule is CC[Si](CC)(CC)O[C@H]1CCC[C@]2(C)C([C@H](C)CC=O)=CC[C@@H]12. The fraction of sp³-hybridized carbons (Fsp3) is 0.850. The Morgan fingerprint density at radius 2 is 2.00 bits per heavy atom. The molecule has 3 heteroatoms. The second kappa shape index (κ2) is 7.65. The Hall–Kier alpha value is -0.413. The largest absolute Gasteiger partial charge is 0.414 e. The van der Waals surface area contributed by atoms with Crippen LogP contribution in [0.3, 0.4) is 0 Å². The molecule has 0 bridgehead atoms. The van der Waals surface area contributed by atoms with Crippen LogP contribution in [-0.2, 0) is 9.22 Å². The van der Waals surface area contributed by atoms with Crippen molar-refractivity contribution in [3.05, 3.63) is 11.6 Å². The highest BCUT2D eigenvalue weighted by Gasteiger charge is 2.50. The molecule has 0 aliphatic heterocycles. The van der Waals surface area contributed by atoms with E-state index in [-0.39, 0.29) is 5.41 Å². The number of aldehydes is 1. The molecule has 0 aromatic rings. The number of carbonyl (C=O) groups excluding carboxylic acids is 1. The average Bonchev–Trinajstić information content (AvgIpc) is 2.91. The maximum atomic E-state index is 11.0. The quantitative estimate of drug-likeness (QED) is 0.321. The second-order valence-corrected chi connectivity index (χ2v) is 12.7. The first kappa shape index (κ1) is 18.9. The van der Waals surface area contributed by atoms with Gasteiger partial charge in [-0.3, -0.25) is 0 Å². The Morgan fingerprint density at radius 1 is 1.35 bits per heavy atom. The number of hydrogen-bond donors (Lipinski definition) is 0. The van der Waals surface area contributed by atoms with Crippen LogP contribution in [0.1, 0.15) is 66.7 Å². The van der Waals surface area contributed by atoms with Gasteiger partial charge in [-0.2, -0.15) is 0 Å². The molecule has 4 atom stereocenters. The number of hydrogen-bond acceptors (Lipinski definition) is 2. The Morgan fingerprint density at radius 3 is 2.57 bits per heavy atom. The van der Waals surface area contributed by atoms with Crippen LogP contribution >= 0.6 is 0 Å². The third-order valence-electron chi connectivity index (χ3n) is 7.02. The highest BCUT2D eigenvalue weighted by atomic mass is 28.4. The Labute approximate surface area is 144 Å². The molecule has 0 saturated heterocycles. The van der Waals surface area contributed by atoms with Gasteiger partial charge in [-0.25, -0.2) is 0 Å². The fourth-order valence-electron chi connectivity index (χ4n) is 5.22. The predicted octanol–water partition coefficient (Wildman–Crippen LogP) is 5.74. The van der Waals surface area contributed by atoms with Gasteiger partial charge in [0, 0.05) is 12.5 Å². The summed E-state index contributed by atoms with van der Waals surface area (Å²) in [5.41, 5.74) is 1.81. The number of fused-ring (bicyclic) bond motifs is 1. The number of allylic oxidation sites excluding steroid dienone is 2. The first-order valence-electron chi connectivity index (χ1n) is 9.78. The third kappa shape index (κ3) is 3.51. The Kier molecular flexibility index (Phi) is 6.29. The number of rotatable bonds is 8. The molecule has 0 amide bonds. The van der Waals surface area contributed by atoms with Crippen molar-refractivity contribution in [2.75, 3.05) is 0 Å². The third-order valence-corrected chi connectivity index (χ3v) is 11.7. The van der Waals surface area contributed by atoms with Crippen molar-refractivity contribution < 1.29 is 9.22 Å². The summed E-state index contributed by atoms with van der Waals surface area (Å²) >= 11 is 0. The van der Waals surface area contributed by atoms with Crippen molar-refractivity contribution in [1.82, 2.24) is 0 Å². The molecule has 2 rings (SSSR count). The normalized spacial score (nSPS) is 32.3. The van der Waals surface area contributed by atoms with Crippen LogP contribution in [0, 0.1) is 17.3 Å². The summed E-state index contributed by atoms with van der Waals surface area (Å²) in [7, 11) is -1.54. The van der Waals surface area contributed by atoms with Gasteiger partial charge in [0.25, 0.3) is 0 Å². The summed E-state index contributed by atoms with van der Waals surface area (Å²) in [6.07, 6.45) is 9.57. The molecular formula is C20H36O2Si. The topological polar surface area (TPSA) is 26.3 Å². The minimum atomic E-state index is -1.54. The molecular weight excluding hydrogens is 300 g/mol. The second-order valence-electron chi connectivity index (χ2n) is 8.01. The van der Waals surface area contributed by atoms with Crippen LogP contribution in [0.5, 0.6) is 0 Å². The maximum absolute atomic E-state index is 11.0. The minimum absolute atomic E-state index is 0.265. The van der Waals surface area contributed by atoms with Crippen molar-refractivity contribution in [1.29, 1.82) is 0 Å². The van der Waals surface area contributed by atoms with Crippen molar-refractivity contribution in [3.8, 4) is 0 Å². The van der Waals surface area contributed by atoms with E-state index in [0.717, 1.165) is 12.7 Å². The van der Waals surface area contributed by atoms with E-state index in [9.17, 15) is 4.79 Å². The monoisotopic (exact) mass is 336 g/mol. The summed E-state index contributed by atoms with van der Waals surface area (Å²) in [6.45, 7) is 11.6. The molecule has 0 heterocycles. The molecule has 1 saturated carbocycles. The molecule has 0 N–H and O–H groups in total. The zero-order chi connectivity index (χ0) is 17.1. The van der Waals surface area contributed by atoms with Gasteiger partial charge in [0.1, 0.15) is 6.29 Å². The number of carbonyl (C=O) groups is 1. The molecule has 2 aliphatic carbocycles. The minimum Gasteiger partial charge on any atom is -0.414 e. The lowest BCUT2D eigenvalue weighted by molar-refractivity contribution is -0.108. The van der Waals surface area contributed by atoms with Crippen LogP contribution in [0.25, 0.3) is 0 Å². The van der Waals surface area contributed by atoms with Crippen molar-refractivity contribution in [2.45, 2.75) is 91.0 Å². The van der Waals surface area contributed by atoms with Crippen LogP contribution in [-0.4, -0.2) is 20.7 Å². The van der Waals surface area contributed by atoms with E-state index in [2.05, 4.69) is 40.7 Å². The van der Waals surface area contributed by atoms with Gasteiger partial charge < -0.3 is 9.22 Å². The van der Waals surface area contributed by atoms with E-state index in [1.54, 1.807) is 5.57 Å². The first-order chi connectivity index (χ1) is 11.0. The van der Waals surface area contributed by atoms with Gasteiger partial charge in [-0.05, 0) is 54.6 Å². The van der Waals surface area contributed by atoms with Crippen LogP contribution in [0.4, 0.5) is 0 Å². The highest BCUT2D eigenvalue weighted by molar-refractivity contribution is 6.73. The van der Waals surface area contributed by atoms with Gasteiger partial charge >= 0.3 is 0 Å². The summed E-state index contributed by atoms with van der Waals surface area (Å²) in [5, 5.41) is 0. The summed E-state index contributed by atoms with van der Waals surface area (Å²) in [5.74, 6) is 1.03. The van der Waals surface area contributed by atoms with Crippen LogP contribution in [0.2, 0.25) is 18.1 Å². The fourth-order valence-corrected chi connectivity index (χ4v) is 8.15. The molecule has 2 nitrogen and oxygen atoms in total. The summed E-state index contributed by atoms with van der Waals surface area (Å²) < 4.78 is 6.93. The van der Waals surface area contributed by atoms with E-state index in [0.29, 0.717) is 24.4 Å². The van der Waals surface area contributed by atoms with Crippen molar-refractivity contribution >= 4 is 14.6 Å². The summed E-state index contributed by atoms with van der Waals surface area (Å²) in [4.78, 5) is 11.0. The smallest absolute Gasteiger partial charge is 0.192 e. The van der Waals surface area contributed by atoms with Gasteiger partial charge in [0.15, 0.2) is 8.32 Å². The van der Waals surface area contributed by atoms with Gasteiger partial charge in [-0.15, -0.1) is 0 Å². The van der Waals surface area contributed by atoms with E-state index >= 15 is 0 Å². The van der Waals surface area contributed by atoms with Crippen LogP contribution < -0.4 is 0 Å². The molecule has 0 spiro atoms. The van der Waals surface area contributed by atoms with Gasteiger partial charge in [-0.1, -0.05) is 52.7 Å². The zero-order valence-electron chi connectivity index (χ0n) is 15.9. The van der Waals surface area contributed by atoms with E-state index in [1.807, 2.05) is 0 Å². The van der Waals surface area contributed by atoms with Gasteiger partial charge in [0.2, 0.25) is 0 Å².